The highest BCUT2D eigenvalue weighted by molar-refractivity contribution is 6.04. The average molecular weight is 356 g/mol. The van der Waals surface area contributed by atoms with Gasteiger partial charge in [-0.1, -0.05) is 44.2 Å². The van der Waals surface area contributed by atoms with E-state index in [4.69, 9.17) is 5.26 Å². The van der Waals surface area contributed by atoms with Gasteiger partial charge in [-0.2, -0.15) is 5.26 Å². The second-order valence-corrected chi connectivity index (χ2v) is 6.41. The number of hydrogen-bond donors (Lipinski definition) is 2. The Kier molecular flexibility index (Phi) is 5.48. The van der Waals surface area contributed by atoms with Crippen molar-refractivity contribution < 1.29 is 4.79 Å². The van der Waals surface area contributed by atoms with E-state index in [0.29, 0.717) is 17.2 Å². The van der Waals surface area contributed by atoms with Gasteiger partial charge in [-0.3, -0.25) is 9.78 Å². The van der Waals surface area contributed by atoms with Gasteiger partial charge in [0, 0.05) is 17.6 Å². The highest BCUT2D eigenvalue weighted by Crippen LogP contribution is 2.27. The number of benzene rings is 2. The first kappa shape index (κ1) is 18.2. The van der Waals surface area contributed by atoms with Crippen LogP contribution in [0.4, 0.5) is 17.1 Å². The number of nitriles is 1. The van der Waals surface area contributed by atoms with Crippen LogP contribution < -0.4 is 10.6 Å². The largest absolute Gasteiger partial charge is 0.355 e. The van der Waals surface area contributed by atoms with E-state index in [9.17, 15) is 4.79 Å². The molecular weight excluding hydrogens is 336 g/mol. The smallest absolute Gasteiger partial charge is 0.274 e. The van der Waals surface area contributed by atoms with E-state index < -0.39 is 0 Å². The van der Waals surface area contributed by atoms with Crippen LogP contribution in [0.2, 0.25) is 0 Å². The molecule has 0 aliphatic rings. The van der Waals surface area contributed by atoms with Gasteiger partial charge < -0.3 is 10.6 Å². The van der Waals surface area contributed by atoms with Gasteiger partial charge in [0.1, 0.15) is 11.8 Å². The second kappa shape index (κ2) is 8.15. The molecular formula is C22H20N4O. The Morgan fingerprint density at radius 1 is 1.04 bits per heavy atom. The highest BCUT2D eigenvalue weighted by Gasteiger charge is 2.12. The number of nitrogens with one attached hydrogen (secondary N) is 2. The van der Waals surface area contributed by atoms with Crippen molar-refractivity contribution in [3.05, 3.63) is 83.7 Å². The van der Waals surface area contributed by atoms with Crippen molar-refractivity contribution in [3.63, 3.8) is 0 Å². The third kappa shape index (κ3) is 4.31. The minimum absolute atomic E-state index is 0.273. The first-order valence-electron chi connectivity index (χ1n) is 8.71. The van der Waals surface area contributed by atoms with Crippen LogP contribution in [0.15, 0.2) is 66.9 Å². The van der Waals surface area contributed by atoms with Gasteiger partial charge in [-0.05, 0) is 41.8 Å². The monoisotopic (exact) mass is 356 g/mol. The van der Waals surface area contributed by atoms with Crippen LogP contribution in [0.1, 0.15) is 41.4 Å². The summed E-state index contributed by atoms with van der Waals surface area (Å²) in [7, 11) is 0. The van der Waals surface area contributed by atoms with Crippen molar-refractivity contribution >= 4 is 23.0 Å². The minimum Gasteiger partial charge on any atom is -0.355 e. The third-order valence-corrected chi connectivity index (χ3v) is 4.15. The van der Waals surface area contributed by atoms with Gasteiger partial charge in [0.05, 0.1) is 11.3 Å². The Balaban J connectivity index is 1.82. The normalized spacial score (nSPS) is 10.3. The molecule has 1 amide bonds. The number of aromatic nitrogens is 1. The van der Waals surface area contributed by atoms with Gasteiger partial charge >= 0.3 is 0 Å². The summed E-state index contributed by atoms with van der Waals surface area (Å²) in [4.78, 5) is 16.7. The molecule has 2 aromatic carbocycles. The molecule has 134 valence electrons. The predicted molar refractivity (Wildman–Crippen MR) is 107 cm³/mol. The maximum atomic E-state index is 12.6. The molecule has 0 aliphatic heterocycles. The summed E-state index contributed by atoms with van der Waals surface area (Å²) in [5.74, 6) is 0.0132. The van der Waals surface area contributed by atoms with Crippen LogP contribution in [0.25, 0.3) is 0 Å². The predicted octanol–water partition coefficient (Wildman–Crippen LogP) is 5.07. The zero-order valence-electron chi connectivity index (χ0n) is 15.2. The SMILES string of the molecule is CC(C)c1ccccc1Nc1ccnc(C(=O)Nc2ccccc2C#N)c1. The molecule has 3 aromatic rings. The molecule has 5 heteroatoms. The Hall–Kier alpha value is -3.65. The fourth-order valence-corrected chi connectivity index (χ4v) is 2.78. The summed E-state index contributed by atoms with van der Waals surface area (Å²) in [5, 5.41) is 15.3. The molecule has 0 atom stereocenters. The van der Waals surface area contributed by atoms with E-state index >= 15 is 0 Å². The minimum atomic E-state index is -0.363. The van der Waals surface area contributed by atoms with Gasteiger partial charge in [-0.25, -0.2) is 0 Å². The Bertz CT molecular complexity index is 1000. The third-order valence-electron chi connectivity index (χ3n) is 4.15. The molecule has 0 fully saturated rings. The summed E-state index contributed by atoms with van der Waals surface area (Å²) in [5.41, 5.74) is 4.12. The lowest BCUT2D eigenvalue weighted by Crippen LogP contribution is -2.14. The number of carbonyl (C=O) groups excluding carboxylic acids is 1. The lowest BCUT2D eigenvalue weighted by Gasteiger charge is -2.15. The number of anilines is 3. The number of para-hydroxylation sites is 2. The van der Waals surface area contributed by atoms with Crippen LogP contribution in [0, 0.1) is 11.3 Å². The quantitative estimate of drug-likeness (QED) is 0.669. The number of pyridine rings is 1. The van der Waals surface area contributed by atoms with E-state index in [1.165, 1.54) is 5.56 Å². The molecule has 3 rings (SSSR count). The van der Waals surface area contributed by atoms with Crippen molar-refractivity contribution in [1.82, 2.24) is 4.98 Å². The lowest BCUT2D eigenvalue weighted by atomic mass is 10.0. The molecule has 0 aliphatic carbocycles. The van der Waals surface area contributed by atoms with Crippen LogP contribution in [0.5, 0.6) is 0 Å². The summed E-state index contributed by atoms with van der Waals surface area (Å²) in [6.07, 6.45) is 1.59. The van der Waals surface area contributed by atoms with Crippen LogP contribution >= 0.6 is 0 Å². The first-order valence-corrected chi connectivity index (χ1v) is 8.71. The van der Waals surface area contributed by atoms with E-state index in [1.54, 1.807) is 36.5 Å². The average Bonchev–Trinajstić information content (AvgIpc) is 2.69. The molecule has 1 aromatic heterocycles. The lowest BCUT2D eigenvalue weighted by molar-refractivity contribution is 0.102. The van der Waals surface area contributed by atoms with Gasteiger partial charge in [-0.15, -0.1) is 0 Å². The van der Waals surface area contributed by atoms with Crippen molar-refractivity contribution in [3.8, 4) is 6.07 Å². The van der Waals surface area contributed by atoms with E-state index in [2.05, 4.69) is 41.6 Å². The number of nitrogens with zero attached hydrogens (tertiary/aromatic N) is 2. The zero-order valence-corrected chi connectivity index (χ0v) is 15.2. The Labute approximate surface area is 158 Å². The molecule has 0 saturated heterocycles. The molecule has 0 saturated carbocycles. The van der Waals surface area contributed by atoms with Crippen molar-refractivity contribution in [2.24, 2.45) is 0 Å². The van der Waals surface area contributed by atoms with Crippen LogP contribution in [0.3, 0.4) is 0 Å². The second-order valence-electron chi connectivity index (χ2n) is 6.41. The van der Waals surface area contributed by atoms with Crippen LogP contribution in [-0.4, -0.2) is 10.9 Å². The molecule has 5 nitrogen and oxygen atoms in total. The van der Waals surface area contributed by atoms with Crippen LogP contribution in [-0.2, 0) is 0 Å². The fourth-order valence-electron chi connectivity index (χ4n) is 2.78. The van der Waals surface area contributed by atoms with E-state index in [1.807, 2.05) is 24.3 Å². The van der Waals surface area contributed by atoms with E-state index in [-0.39, 0.29) is 11.6 Å². The Morgan fingerprint density at radius 2 is 1.74 bits per heavy atom. The zero-order chi connectivity index (χ0) is 19.2. The number of amides is 1. The van der Waals surface area contributed by atoms with Crippen molar-refractivity contribution in [1.29, 1.82) is 5.26 Å². The summed E-state index contributed by atoms with van der Waals surface area (Å²) in [6, 6.07) is 20.5. The van der Waals surface area contributed by atoms with Crippen molar-refractivity contribution in [2.45, 2.75) is 19.8 Å². The van der Waals surface area contributed by atoms with E-state index in [0.717, 1.165) is 11.4 Å². The maximum absolute atomic E-state index is 12.6. The Morgan fingerprint density at radius 3 is 2.48 bits per heavy atom. The fraction of sp³-hybridized carbons (Fsp3) is 0.136. The molecule has 0 bridgehead atoms. The molecule has 0 spiro atoms. The van der Waals surface area contributed by atoms with Gasteiger partial charge in [0.15, 0.2) is 0 Å². The number of rotatable bonds is 5. The van der Waals surface area contributed by atoms with Gasteiger partial charge in [0.25, 0.3) is 5.91 Å². The summed E-state index contributed by atoms with van der Waals surface area (Å²) >= 11 is 0. The number of hydrogen-bond acceptors (Lipinski definition) is 4. The molecule has 0 radical (unpaired) electrons. The molecule has 1 heterocycles. The van der Waals surface area contributed by atoms with Gasteiger partial charge in [0.2, 0.25) is 0 Å². The molecule has 27 heavy (non-hydrogen) atoms. The summed E-state index contributed by atoms with van der Waals surface area (Å²) < 4.78 is 0. The maximum Gasteiger partial charge on any atom is 0.274 e. The molecule has 0 unspecified atom stereocenters. The standard InChI is InChI=1S/C22H20N4O/c1-15(2)18-8-4-6-10-20(18)25-17-11-12-24-21(13-17)22(27)26-19-9-5-3-7-16(19)14-23/h3-13,15H,1-2H3,(H,24,25)(H,26,27). The summed E-state index contributed by atoms with van der Waals surface area (Å²) in [6.45, 7) is 4.27. The number of carbonyl (C=O) groups is 1. The first-order chi connectivity index (χ1) is 13.1. The topological polar surface area (TPSA) is 77.8 Å². The molecule has 2 N–H and O–H groups in total. The highest BCUT2D eigenvalue weighted by atomic mass is 16.1. The van der Waals surface area contributed by atoms with Crippen molar-refractivity contribution in [2.75, 3.05) is 10.6 Å².